The minimum Gasteiger partial charge on any atom is -0.457 e. The van der Waals surface area contributed by atoms with E-state index in [-0.39, 0.29) is 42.2 Å². The first-order chi connectivity index (χ1) is 17.7. The van der Waals surface area contributed by atoms with Crippen molar-refractivity contribution >= 4 is 11.8 Å². The third-order valence-corrected chi connectivity index (χ3v) is 12.3. The Morgan fingerprint density at radius 3 is 2.38 bits per heavy atom. The number of ether oxygens (including phenoxy) is 1. The predicted molar refractivity (Wildman–Crippen MR) is 143 cm³/mol. The molecule has 1 aliphatic heterocycles. The van der Waals surface area contributed by atoms with E-state index in [2.05, 4.69) is 25.7 Å². The smallest absolute Gasteiger partial charge is 0.309 e. The van der Waals surface area contributed by atoms with Gasteiger partial charge in [0.15, 0.2) is 5.78 Å². The van der Waals surface area contributed by atoms with E-state index in [1.807, 2.05) is 0 Å². The van der Waals surface area contributed by atoms with Gasteiger partial charge in [0.1, 0.15) is 6.61 Å². The Kier molecular flexibility index (Phi) is 8.11. The minimum absolute atomic E-state index is 0.0324. The summed E-state index contributed by atoms with van der Waals surface area (Å²) in [5.74, 6) is 3.78. The van der Waals surface area contributed by atoms with Crippen molar-refractivity contribution < 1.29 is 24.5 Å². The average molecular weight is 518 g/mol. The number of carbonyl (C=O) groups excluding carboxylic acids is 2. The fraction of sp³-hybridized carbons (Fsp3) is 0.935. The van der Waals surface area contributed by atoms with Crippen molar-refractivity contribution in [3.63, 3.8) is 0 Å². The van der Waals surface area contributed by atoms with Crippen molar-refractivity contribution in [3.8, 4) is 0 Å². The van der Waals surface area contributed by atoms with Gasteiger partial charge in [-0.2, -0.15) is 0 Å². The molecule has 6 nitrogen and oxygen atoms in total. The topological polar surface area (TPSA) is 87.1 Å². The molecule has 0 aromatic heterocycles. The lowest BCUT2D eigenvalue weighted by atomic mass is 9.44. The van der Waals surface area contributed by atoms with Gasteiger partial charge >= 0.3 is 5.97 Å². The van der Waals surface area contributed by atoms with Gasteiger partial charge in [-0.1, -0.05) is 27.2 Å². The highest BCUT2D eigenvalue weighted by molar-refractivity contribution is 5.85. The molecule has 5 rings (SSSR count). The zero-order chi connectivity index (χ0) is 26.4. The lowest BCUT2D eigenvalue weighted by molar-refractivity contribution is -0.157. The van der Waals surface area contributed by atoms with Crippen molar-refractivity contribution in [2.24, 2.45) is 52.3 Å². The van der Waals surface area contributed by atoms with Crippen LogP contribution in [0, 0.1) is 52.3 Å². The van der Waals surface area contributed by atoms with Gasteiger partial charge < -0.3 is 19.8 Å². The number of likely N-dealkylation sites (tertiary alicyclic amines) is 1. The molecule has 4 saturated carbocycles. The first-order valence-corrected chi connectivity index (χ1v) is 15.4. The van der Waals surface area contributed by atoms with Crippen molar-refractivity contribution in [3.05, 3.63) is 0 Å². The maximum atomic E-state index is 13.4. The number of carbonyl (C=O) groups is 2. The van der Waals surface area contributed by atoms with E-state index in [0.29, 0.717) is 43.8 Å². The van der Waals surface area contributed by atoms with Crippen LogP contribution in [0.5, 0.6) is 0 Å². The van der Waals surface area contributed by atoms with Gasteiger partial charge in [0.2, 0.25) is 0 Å². The van der Waals surface area contributed by atoms with Crippen LogP contribution in [-0.4, -0.2) is 65.8 Å². The van der Waals surface area contributed by atoms with Crippen LogP contribution in [0.3, 0.4) is 0 Å². The molecule has 5 aliphatic rings. The summed E-state index contributed by atoms with van der Waals surface area (Å²) in [6.45, 7) is 8.96. The summed E-state index contributed by atoms with van der Waals surface area (Å²) in [7, 11) is 0. The molecule has 0 amide bonds. The number of rotatable bonds is 7. The molecule has 0 spiro atoms. The van der Waals surface area contributed by atoms with E-state index >= 15 is 0 Å². The molecule has 1 heterocycles. The van der Waals surface area contributed by atoms with E-state index < -0.39 is 6.10 Å². The number of hydrogen-bond acceptors (Lipinski definition) is 6. The van der Waals surface area contributed by atoms with Gasteiger partial charge in [-0.05, 0) is 118 Å². The van der Waals surface area contributed by atoms with Crippen LogP contribution in [0.25, 0.3) is 0 Å². The Morgan fingerprint density at radius 1 is 0.946 bits per heavy atom. The predicted octanol–water partition coefficient (Wildman–Crippen LogP) is 4.46. The number of β-amino-alcohol motifs (C(OH)–C–C–N with tert-alkyl or cyclic N) is 1. The zero-order valence-electron chi connectivity index (χ0n) is 23.5. The molecule has 0 bridgehead atoms. The molecule has 9 atom stereocenters. The highest BCUT2D eigenvalue weighted by atomic mass is 16.5. The molecule has 0 radical (unpaired) electrons. The number of esters is 1. The number of aliphatic hydroxyl groups excluding tert-OH is 2. The van der Waals surface area contributed by atoms with Gasteiger partial charge in [-0.15, -0.1) is 0 Å². The summed E-state index contributed by atoms with van der Waals surface area (Å²) in [6.07, 6.45) is 12.1. The molecule has 2 N–H and O–H groups in total. The van der Waals surface area contributed by atoms with Gasteiger partial charge in [0, 0.05) is 12.5 Å². The van der Waals surface area contributed by atoms with Crippen molar-refractivity contribution in [2.75, 3.05) is 32.8 Å². The molecule has 4 unspecified atom stereocenters. The molecular weight excluding hydrogens is 466 g/mol. The summed E-state index contributed by atoms with van der Waals surface area (Å²) in [6, 6.07) is 0. The molecule has 1 saturated heterocycles. The number of hydrogen-bond donors (Lipinski definition) is 2. The minimum atomic E-state index is -0.739. The number of fused-ring (bicyclic) bond motifs is 5. The second kappa shape index (κ2) is 10.9. The number of piperidine rings is 1. The van der Waals surface area contributed by atoms with Gasteiger partial charge in [-0.3, -0.25) is 9.59 Å². The Bertz CT molecular complexity index is 839. The van der Waals surface area contributed by atoms with Gasteiger partial charge in [-0.25, -0.2) is 0 Å². The molecule has 0 aromatic rings. The van der Waals surface area contributed by atoms with Crippen LogP contribution in [0.4, 0.5) is 0 Å². The zero-order valence-corrected chi connectivity index (χ0v) is 23.5. The van der Waals surface area contributed by atoms with E-state index in [9.17, 15) is 14.7 Å². The van der Waals surface area contributed by atoms with Crippen LogP contribution in [0.2, 0.25) is 0 Å². The lowest BCUT2D eigenvalue weighted by Crippen LogP contribution is -2.53. The first-order valence-electron chi connectivity index (χ1n) is 15.4. The summed E-state index contributed by atoms with van der Waals surface area (Å²) < 4.78 is 5.62. The average Bonchev–Trinajstić information content (AvgIpc) is 3.25. The van der Waals surface area contributed by atoms with Crippen LogP contribution >= 0.6 is 0 Å². The largest absolute Gasteiger partial charge is 0.457 e. The highest BCUT2D eigenvalue weighted by Crippen LogP contribution is 2.67. The van der Waals surface area contributed by atoms with Crippen LogP contribution < -0.4 is 0 Å². The van der Waals surface area contributed by atoms with Crippen molar-refractivity contribution in [1.82, 2.24) is 4.90 Å². The first kappa shape index (κ1) is 27.6. The summed E-state index contributed by atoms with van der Waals surface area (Å²) in [5, 5.41) is 18.7. The fourth-order valence-electron chi connectivity index (χ4n) is 10.1. The Labute approximate surface area is 223 Å². The second-order valence-corrected chi connectivity index (χ2v) is 14.2. The standard InChI is InChI=1S/C31H51NO5/c1-20-8-12-30(2)22(16-20)4-5-24-25-6-7-27(31(25,3)13-9-26(24)30)28(35)19-37-29(36)21-10-14-32(15-11-21)17-23(34)18-33/h20-27,33-34H,4-19H2,1-3H3/t20-,22?,23?,24-,25?,26?,27+,30-,31-/m0/s1. The van der Waals surface area contributed by atoms with E-state index in [1.165, 1.54) is 38.5 Å². The van der Waals surface area contributed by atoms with Crippen LogP contribution in [0.15, 0.2) is 0 Å². The molecule has 210 valence electrons. The third kappa shape index (κ3) is 5.16. The van der Waals surface area contributed by atoms with Gasteiger partial charge in [0.05, 0.1) is 18.6 Å². The number of Topliss-reactive ketones (excluding diaryl/α,β-unsaturated/α-hetero) is 1. The maximum Gasteiger partial charge on any atom is 0.309 e. The van der Waals surface area contributed by atoms with Crippen molar-refractivity contribution in [1.29, 1.82) is 0 Å². The maximum absolute atomic E-state index is 13.4. The van der Waals surface area contributed by atoms with Crippen LogP contribution in [0.1, 0.15) is 91.4 Å². The Hall–Kier alpha value is -0.980. The Balaban J connectivity index is 1.14. The Morgan fingerprint density at radius 2 is 1.65 bits per heavy atom. The summed E-state index contributed by atoms with van der Waals surface area (Å²) >= 11 is 0. The van der Waals surface area contributed by atoms with Gasteiger partial charge in [0.25, 0.3) is 0 Å². The molecule has 37 heavy (non-hydrogen) atoms. The van der Waals surface area contributed by atoms with Crippen molar-refractivity contribution in [2.45, 2.75) is 97.5 Å². The third-order valence-electron chi connectivity index (χ3n) is 12.3. The molecule has 0 aromatic carbocycles. The lowest BCUT2D eigenvalue weighted by Gasteiger charge is -2.61. The molecule has 5 fully saturated rings. The monoisotopic (exact) mass is 517 g/mol. The highest BCUT2D eigenvalue weighted by Gasteiger charge is 2.61. The fourth-order valence-corrected chi connectivity index (χ4v) is 10.1. The summed E-state index contributed by atoms with van der Waals surface area (Å²) in [4.78, 5) is 28.3. The normalized spacial score (nSPS) is 43.4. The molecule has 6 heteroatoms. The van der Waals surface area contributed by atoms with E-state index in [0.717, 1.165) is 42.9 Å². The quantitative estimate of drug-likeness (QED) is 0.485. The number of nitrogens with zero attached hydrogens (tertiary/aromatic N) is 1. The number of ketones is 1. The van der Waals surface area contributed by atoms with Crippen LogP contribution in [-0.2, 0) is 14.3 Å². The molecular formula is C31H51NO5. The number of aliphatic hydroxyl groups is 2. The summed E-state index contributed by atoms with van der Waals surface area (Å²) in [5.41, 5.74) is 0.564. The van der Waals surface area contributed by atoms with E-state index in [4.69, 9.17) is 9.84 Å². The SMILES string of the molecule is C[C@H]1CC[C@@]2(C)C(CC[C@@H]3C2CC[C@@]2(C)C3CC[C@@H]2C(=O)COC(=O)C2CCN(CC(O)CO)CC2)C1. The molecule has 4 aliphatic carbocycles. The van der Waals surface area contributed by atoms with E-state index in [1.54, 1.807) is 0 Å². The second-order valence-electron chi connectivity index (χ2n) is 14.2.